The average Bonchev–Trinajstić information content (AvgIpc) is 2.15. The molecule has 0 atom stereocenters. The molecule has 0 aliphatic heterocycles. The lowest BCUT2D eigenvalue weighted by atomic mass is 10.2. The topological polar surface area (TPSA) is 46.2 Å². The van der Waals surface area contributed by atoms with Crippen LogP contribution in [0.25, 0.3) is 0 Å². The molecule has 1 N–H and O–H groups in total. The van der Waals surface area contributed by atoms with E-state index in [4.69, 9.17) is 0 Å². The summed E-state index contributed by atoms with van der Waals surface area (Å²) in [6.07, 6.45) is 0. The van der Waals surface area contributed by atoms with Crippen LogP contribution in [0.5, 0.6) is 0 Å². The molecule has 0 heterocycles. The summed E-state index contributed by atoms with van der Waals surface area (Å²) in [5.41, 5.74) is 0.963. The first kappa shape index (κ1) is 12.2. The highest BCUT2D eigenvalue weighted by Crippen LogP contribution is 2.13. The maximum absolute atomic E-state index is 11.7. The van der Waals surface area contributed by atoms with Crippen molar-refractivity contribution in [2.45, 2.75) is 32.1 Å². The van der Waals surface area contributed by atoms with Gasteiger partial charge in [-0.1, -0.05) is 30.3 Å². The molecule has 0 saturated heterocycles. The van der Waals surface area contributed by atoms with Gasteiger partial charge in [-0.3, -0.25) is 0 Å². The van der Waals surface area contributed by atoms with Crippen LogP contribution in [0.15, 0.2) is 30.3 Å². The van der Waals surface area contributed by atoms with E-state index in [1.54, 1.807) is 20.8 Å². The summed E-state index contributed by atoms with van der Waals surface area (Å²) in [5, 5.41) is 0. The fourth-order valence-electron chi connectivity index (χ4n) is 0.991. The Hall–Kier alpha value is -0.870. The Morgan fingerprint density at radius 3 is 2.13 bits per heavy atom. The van der Waals surface area contributed by atoms with Gasteiger partial charge < -0.3 is 0 Å². The van der Waals surface area contributed by atoms with E-state index in [2.05, 4.69) is 4.72 Å². The summed E-state index contributed by atoms with van der Waals surface area (Å²) in [5.74, 6) is 0. The second kappa shape index (κ2) is 4.33. The van der Waals surface area contributed by atoms with Crippen molar-refractivity contribution in [1.82, 2.24) is 4.72 Å². The number of sulfonamides is 1. The molecule has 0 fully saturated rings. The number of hydrogen-bond acceptors (Lipinski definition) is 2. The zero-order valence-corrected chi connectivity index (χ0v) is 10.1. The zero-order valence-electron chi connectivity index (χ0n) is 9.32. The molecule has 3 nitrogen and oxygen atoms in total. The fraction of sp³-hybridized carbons (Fsp3) is 0.455. The van der Waals surface area contributed by atoms with Crippen LogP contribution >= 0.6 is 0 Å². The van der Waals surface area contributed by atoms with Gasteiger partial charge >= 0.3 is 0 Å². The number of benzene rings is 1. The number of rotatable bonds is 3. The van der Waals surface area contributed by atoms with Crippen LogP contribution in [-0.2, 0) is 16.6 Å². The summed E-state index contributed by atoms with van der Waals surface area (Å²) >= 11 is 0. The third-order valence-corrected chi connectivity index (χ3v) is 4.25. The predicted molar refractivity (Wildman–Crippen MR) is 62.0 cm³/mol. The van der Waals surface area contributed by atoms with E-state index >= 15 is 0 Å². The van der Waals surface area contributed by atoms with Gasteiger partial charge in [-0.2, -0.15) is 0 Å². The van der Waals surface area contributed by atoms with E-state index in [9.17, 15) is 8.42 Å². The van der Waals surface area contributed by atoms with E-state index in [0.29, 0.717) is 6.54 Å². The minimum Gasteiger partial charge on any atom is -0.212 e. The smallest absolute Gasteiger partial charge is 0.212 e. The Morgan fingerprint density at radius 2 is 1.67 bits per heavy atom. The van der Waals surface area contributed by atoms with Gasteiger partial charge in [0.05, 0.1) is 4.75 Å². The predicted octanol–water partition coefficient (Wildman–Crippen LogP) is 1.90. The van der Waals surface area contributed by atoms with Crippen molar-refractivity contribution >= 4 is 10.0 Å². The molecule has 0 aromatic heterocycles. The Morgan fingerprint density at radius 1 is 1.13 bits per heavy atom. The molecule has 4 heteroatoms. The molecule has 0 spiro atoms. The molecule has 0 saturated carbocycles. The molecule has 1 aromatic rings. The normalized spacial score (nSPS) is 12.7. The minimum absolute atomic E-state index is 0.348. The van der Waals surface area contributed by atoms with Crippen LogP contribution in [-0.4, -0.2) is 13.2 Å². The van der Waals surface area contributed by atoms with E-state index in [1.165, 1.54) is 0 Å². The molecule has 15 heavy (non-hydrogen) atoms. The van der Waals surface area contributed by atoms with Gasteiger partial charge in [-0.15, -0.1) is 0 Å². The van der Waals surface area contributed by atoms with Gasteiger partial charge in [0.2, 0.25) is 10.0 Å². The Balaban J connectivity index is 2.67. The molecule has 1 rings (SSSR count). The lowest BCUT2D eigenvalue weighted by Gasteiger charge is -2.19. The highest BCUT2D eigenvalue weighted by atomic mass is 32.2. The molecule has 0 unspecified atom stereocenters. The lowest BCUT2D eigenvalue weighted by Crippen LogP contribution is -2.38. The number of nitrogens with one attached hydrogen (secondary N) is 1. The first-order chi connectivity index (χ1) is 6.83. The highest BCUT2D eigenvalue weighted by Gasteiger charge is 2.28. The summed E-state index contributed by atoms with van der Waals surface area (Å²) in [7, 11) is -3.25. The van der Waals surface area contributed by atoms with Crippen LogP contribution in [0.2, 0.25) is 0 Å². The van der Waals surface area contributed by atoms with Crippen molar-refractivity contribution in [3.05, 3.63) is 35.9 Å². The van der Waals surface area contributed by atoms with Crippen LogP contribution in [0.1, 0.15) is 26.3 Å². The van der Waals surface area contributed by atoms with Crippen LogP contribution < -0.4 is 4.72 Å². The van der Waals surface area contributed by atoms with Gasteiger partial charge in [0.1, 0.15) is 0 Å². The van der Waals surface area contributed by atoms with Crippen molar-refractivity contribution in [3.8, 4) is 0 Å². The zero-order chi connectivity index (χ0) is 11.5. The van der Waals surface area contributed by atoms with E-state index in [0.717, 1.165) is 5.56 Å². The molecule has 84 valence electrons. The SMILES string of the molecule is CC(C)(C)S(=O)(=O)NCc1ccccc1. The first-order valence-electron chi connectivity index (χ1n) is 4.86. The Kier molecular flexibility index (Phi) is 3.52. The van der Waals surface area contributed by atoms with Gasteiger partial charge in [0.25, 0.3) is 0 Å². The molecule has 0 aliphatic carbocycles. The van der Waals surface area contributed by atoms with Crippen molar-refractivity contribution in [3.63, 3.8) is 0 Å². The van der Waals surface area contributed by atoms with Crippen LogP contribution in [0.4, 0.5) is 0 Å². The third kappa shape index (κ3) is 3.32. The van der Waals surface area contributed by atoms with Crippen LogP contribution in [0, 0.1) is 0 Å². The standard InChI is InChI=1S/C11H17NO2S/c1-11(2,3)15(13,14)12-9-10-7-5-4-6-8-10/h4-8,12H,9H2,1-3H3. The number of hydrogen-bond donors (Lipinski definition) is 1. The maximum Gasteiger partial charge on any atom is 0.216 e. The molecule has 1 aromatic carbocycles. The van der Waals surface area contributed by atoms with Crippen molar-refractivity contribution < 1.29 is 8.42 Å². The van der Waals surface area contributed by atoms with E-state index < -0.39 is 14.8 Å². The van der Waals surface area contributed by atoms with Crippen molar-refractivity contribution in [1.29, 1.82) is 0 Å². The fourth-order valence-corrected chi connectivity index (χ4v) is 1.78. The van der Waals surface area contributed by atoms with Crippen molar-refractivity contribution in [2.75, 3.05) is 0 Å². The summed E-state index contributed by atoms with van der Waals surface area (Å²) < 4.78 is 25.3. The molecular formula is C11H17NO2S. The summed E-state index contributed by atoms with van der Waals surface area (Å²) in [6, 6.07) is 9.47. The van der Waals surface area contributed by atoms with Crippen molar-refractivity contribution in [2.24, 2.45) is 0 Å². The van der Waals surface area contributed by atoms with Gasteiger partial charge in [-0.25, -0.2) is 13.1 Å². The second-order valence-corrected chi connectivity index (χ2v) is 6.94. The molecular weight excluding hydrogens is 210 g/mol. The van der Waals surface area contributed by atoms with Crippen LogP contribution in [0.3, 0.4) is 0 Å². The Labute approximate surface area is 91.6 Å². The maximum atomic E-state index is 11.7. The molecule has 0 amide bonds. The highest BCUT2D eigenvalue weighted by molar-refractivity contribution is 7.90. The van der Waals surface area contributed by atoms with Gasteiger partial charge in [-0.05, 0) is 26.3 Å². The summed E-state index contributed by atoms with van der Waals surface area (Å²) in [4.78, 5) is 0. The van der Waals surface area contributed by atoms with Gasteiger partial charge in [0.15, 0.2) is 0 Å². The quantitative estimate of drug-likeness (QED) is 0.857. The monoisotopic (exact) mass is 227 g/mol. The Bertz CT molecular complexity index is 404. The molecule has 0 radical (unpaired) electrons. The lowest BCUT2D eigenvalue weighted by molar-refractivity contribution is 0.544. The first-order valence-corrected chi connectivity index (χ1v) is 6.34. The summed E-state index contributed by atoms with van der Waals surface area (Å²) in [6.45, 7) is 5.39. The van der Waals surface area contributed by atoms with Gasteiger partial charge in [0, 0.05) is 6.54 Å². The van der Waals surface area contributed by atoms with E-state index in [1.807, 2.05) is 30.3 Å². The second-order valence-electron chi connectivity index (χ2n) is 4.42. The molecule has 0 bridgehead atoms. The van der Waals surface area contributed by atoms with E-state index in [-0.39, 0.29) is 0 Å². The largest absolute Gasteiger partial charge is 0.216 e. The molecule has 0 aliphatic rings. The minimum atomic E-state index is -3.25. The average molecular weight is 227 g/mol. The third-order valence-electron chi connectivity index (χ3n) is 2.12.